The molecule has 1 aliphatic heterocycles. The van der Waals surface area contributed by atoms with Gasteiger partial charge in [-0.05, 0) is 49.2 Å². The summed E-state index contributed by atoms with van der Waals surface area (Å²) in [4.78, 5) is 2.30. The average molecular weight is 264 g/mol. The van der Waals surface area contributed by atoms with Gasteiger partial charge in [0.25, 0.3) is 0 Å². The topological polar surface area (TPSA) is 47.7 Å². The van der Waals surface area contributed by atoms with E-state index in [1.54, 1.807) is 0 Å². The van der Waals surface area contributed by atoms with Crippen LogP contribution in [-0.2, 0) is 6.54 Å². The molecule has 2 N–H and O–H groups in total. The molecule has 106 valence electrons. The van der Waals surface area contributed by atoms with Gasteiger partial charge in [0.05, 0.1) is 0 Å². The Morgan fingerprint density at radius 2 is 1.89 bits per heavy atom. The Kier molecular flexibility index (Phi) is 4.02. The highest BCUT2D eigenvalue weighted by Crippen LogP contribution is 2.35. The van der Waals surface area contributed by atoms with Crippen molar-refractivity contribution in [1.82, 2.24) is 4.90 Å². The van der Waals surface area contributed by atoms with Gasteiger partial charge in [0.2, 0.25) is 6.79 Å². The molecule has 0 bridgehead atoms. The zero-order valence-corrected chi connectivity index (χ0v) is 12.3. The van der Waals surface area contributed by atoms with Gasteiger partial charge in [-0.1, -0.05) is 13.8 Å². The van der Waals surface area contributed by atoms with Crippen molar-refractivity contribution in [1.29, 1.82) is 0 Å². The van der Waals surface area contributed by atoms with Gasteiger partial charge in [-0.25, -0.2) is 0 Å². The van der Waals surface area contributed by atoms with Gasteiger partial charge in [-0.3, -0.25) is 0 Å². The van der Waals surface area contributed by atoms with Crippen LogP contribution >= 0.6 is 0 Å². The lowest BCUT2D eigenvalue weighted by Gasteiger charge is -2.29. The van der Waals surface area contributed by atoms with Gasteiger partial charge in [0, 0.05) is 13.1 Å². The number of fused-ring (bicyclic) bond motifs is 1. The maximum atomic E-state index is 5.79. The highest BCUT2D eigenvalue weighted by Gasteiger charge is 2.20. The van der Waals surface area contributed by atoms with Crippen LogP contribution in [0.15, 0.2) is 12.1 Å². The van der Waals surface area contributed by atoms with E-state index < -0.39 is 0 Å². The summed E-state index contributed by atoms with van der Waals surface area (Å²) in [6.45, 7) is 9.38. The standard InChI is InChI=1S/C15H24N2O2/c1-11-5-13-14(19-10-18-13)6-12(11)7-17(4)9-15(2,3)8-16/h5-6H,7-10,16H2,1-4H3. The Morgan fingerprint density at radius 1 is 1.26 bits per heavy atom. The number of nitrogens with zero attached hydrogens (tertiary/aromatic N) is 1. The van der Waals surface area contributed by atoms with Gasteiger partial charge in [-0.2, -0.15) is 0 Å². The molecule has 0 saturated carbocycles. The molecule has 19 heavy (non-hydrogen) atoms. The molecular formula is C15H24N2O2. The first-order chi connectivity index (χ1) is 8.91. The minimum absolute atomic E-state index is 0.138. The normalized spacial score (nSPS) is 14.2. The average Bonchev–Trinajstić information content (AvgIpc) is 2.76. The van der Waals surface area contributed by atoms with E-state index in [9.17, 15) is 0 Å². The third-order valence-electron chi connectivity index (χ3n) is 3.52. The van der Waals surface area contributed by atoms with Gasteiger partial charge >= 0.3 is 0 Å². The first-order valence-electron chi connectivity index (χ1n) is 6.69. The van der Waals surface area contributed by atoms with E-state index in [0.717, 1.165) is 24.6 Å². The van der Waals surface area contributed by atoms with E-state index in [1.165, 1.54) is 11.1 Å². The molecule has 1 aliphatic rings. The largest absolute Gasteiger partial charge is 0.454 e. The number of ether oxygens (including phenoxy) is 2. The van der Waals surface area contributed by atoms with E-state index in [-0.39, 0.29) is 5.41 Å². The number of hydrogen-bond acceptors (Lipinski definition) is 4. The predicted octanol–water partition coefficient (Wildman–Crippen LogP) is 2.14. The van der Waals surface area contributed by atoms with Gasteiger partial charge < -0.3 is 20.1 Å². The molecule has 0 unspecified atom stereocenters. The summed E-state index contributed by atoms with van der Waals surface area (Å²) in [7, 11) is 2.13. The minimum atomic E-state index is 0.138. The van der Waals surface area contributed by atoms with Crippen molar-refractivity contribution in [3.8, 4) is 11.5 Å². The van der Waals surface area contributed by atoms with Crippen molar-refractivity contribution in [3.63, 3.8) is 0 Å². The number of nitrogens with two attached hydrogens (primary N) is 1. The van der Waals surface area contributed by atoms with E-state index >= 15 is 0 Å². The SMILES string of the molecule is Cc1cc2c(cc1CN(C)CC(C)(C)CN)OCO2. The van der Waals surface area contributed by atoms with Crippen LogP contribution in [0.2, 0.25) is 0 Å². The lowest BCUT2D eigenvalue weighted by molar-refractivity contribution is 0.174. The second kappa shape index (κ2) is 5.39. The molecule has 0 amide bonds. The fourth-order valence-electron chi connectivity index (χ4n) is 2.40. The van der Waals surface area contributed by atoms with Crippen molar-refractivity contribution >= 4 is 0 Å². The summed E-state index contributed by atoms with van der Waals surface area (Å²) in [6.07, 6.45) is 0. The molecule has 0 atom stereocenters. The summed E-state index contributed by atoms with van der Waals surface area (Å²) in [5.74, 6) is 1.71. The van der Waals surface area contributed by atoms with Crippen LogP contribution in [-0.4, -0.2) is 31.8 Å². The fourth-order valence-corrected chi connectivity index (χ4v) is 2.40. The molecular weight excluding hydrogens is 240 g/mol. The zero-order valence-electron chi connectivity index (χ0n) is 12.3. The summed E-state index contributed by atoms with van der Waals surface area (Å²) in [5, 5.41) is 0. The van der Waals surface area contributed by atoms with E-state index in [2.05, 4.69) is 44.9 Å². The Morgan fingerprint density at radius 3 is 2.53 bits per heavy atom. The van der Waals surface area contributed by atoms with E-state index in [4.69, 9.17) is 15.2 Å². The van der Waals surface area contributed by atoms with Crippen molar-refractivity contribution in [3.05, 3.63) is 23.3 Å². The smallest absolute Gasteiger partial charge is 0.231 e. The number of benzene rings is 1. The maximum Gasteiger partial charge on any atom is 0.231 e. The molecule has 0 aromatic heterocycles. The summed E-state index contributed by atoms with van der Waals surface area (Å²) in [6, 6.07) is 4.14. The van der Waals surface area contributed by atoms with Gasteiger partial charge in [-0.15, -0.1) is 0 Å². The number of hydrogen-bond donors (Lipinski definition) is 1. The molecule has 2 rings (SSSR count). The van der Waals surface area contributed by atoms with E-state index in [1.807, 2.05) is 0 Å². The van der Waals surface area contributed by atoms with Crippen LogP contribution < -0.4 is 15.2 Å². The lowest BCUT2D eigenvalue weighted by Crippen LogP contribution is -2.36. The number of aryl methyl sites for hydroxylation is 1. The maximum absolute atomic E-state index is 5.79. The van der Waals surface area contributed by atoms with Crippen molar-refractivity contribution in [2.45, 2.75) is 27.3 Å². The van der Waals surface area contributed by atoms with Crippen molar-refractivity contribution < 1.29 is 9.47 Å². The van der Waals surface area contributed by atoms with Crippen LogP contribution in [0.5, 0.6) is 11.5 Å². The summed E-state index contributed by atoms with van der Waals surface area (Å²) in [5.41, 5.74) is 8.44. The molecule has 4 heteroatoms. The minimum Gasteiger partial charge on any atom is -0.454 e. The van der Waals surface area contributed by atoms with Crippen LogP contribution in [0.25, 0.3) is 0 Å². The third-order valence-corrected chi connectivity index (χ3v) is 3.52. The van der Waals surface area contributed by atoms with Crippen LogP contribution in [0, 0.1) is 12.3 Å². The Labute approximate surface area is 115 Å². The number of rotatable bonds is 5. The molecule has 0 spiro atoms. The first kappa shape index (κ1) is 14.2. The second-order valence-electron chi connectivity index (χ2n) is 6.17. The van der Waals surface area contributed by atoms with Gasteiger partial charge in [0.1, 0.15) is 0 Å². The molecule has 0 fully saturated rings. The zero-order chi connectivity index (χ0) is 14.0. The molecule has 0 radical (unpaired) electrons. The Hall–Kier alpha value is -1.26. The summed E-state index contributed by atoms with van der Waals surface area (Å²) < 4.78 is 10.8. The van der Waals surface area contributed by atoms with E-state index in [0.29, 0.717) is 13.3 Å². The third kappa shape index (κ3) is 3.39. The first-order valence-corrected chi connectivity index (χ1v) is 6.69. The molecule has 1 aromatic carbocycles. The van der Waals surface area contributed by atoms with Crippen molar-refractivity contribution in [2.75, 3.05) is 26.9 Å². The molecule has 1 aromatic rings. The predicted molar refractivity (Wildman–Crippen MR) is 76.5 cm³/mol. The van der Waals surface area contributed by atoms with Crippen molar-refractivity contribution in [2.24, 2.45) is 11.1 Å². The lowest BCUT2D eigenvalue weighted by atomic mass is 9.93. The highest BCUT2D eigenvalue weighted by atomic mass is 16.7. The molecule has 0 saturated heterocycles. The molecule has 4 nitrogen and oxygen atoms in total. The fraction of sp³-hybridized carbons (Fsp3) is 0.600. The van der Waals surface area contributed by atoms with Crippen LogP contribution in [0.1, 0.15) is 25.0 Å². The van der Waals surface area contributed by atoms with Gasteiger partial charge in [0.15, 0.2) is 11.5 Å². The molecule has 1 heterocycles. The van der Waals surface area contributed by atoms with Crippen LogP contribution in [0.4, 0.5) is 0 Å². The summed E-state index contributed by atoms with van der Waals surface area (Å²) >= 11 is 0. The Bertz CT molecular complexity index is 458. The quantitative estimate of drug-likeness (QED) is 0.885. The highest BCUT2D eigenvalue weighted by molar-refractivity contribution is 5.48. The second-order valence-corrected chi connectivity index (χ2v) is 6.17. The van der Waals surface area contributed by atoms with Crippen LogP contribution in [0.3, 0.4) is 0 Å². The monoisotopic (exact) mass is 264 g/mol. The Balaban J connectivity index is 2.07. The molecule has 0 aliphatic carbocycles.